The molecule has 3 aromatic rings. The number of aromatic nitrogens is 3. The van der Waals surface area contributed by atoms with Crippen molar-refractivity contribution in [1.29, 1.82) is 0 Å². The van der Waals surface area contributed by atoms with Gasteiger partial charge in [0.1, 0.15) is 18.0 Å². The van der Waals surface area contributed by atoms with Gasteiger partial charge in [-0.2, -0.15) is 0 Å². The van der Waals surface area contributed by atoms with Crippen LogP contribution in [0.4, 0.5) is 11.6 Å². The van der Waals surface area contributed by atoms with Crippen molar-refractivity contribution in [3.8, 4) is 0 Å². The standard InChI is InChI=1S/C22H23N5/c1-15-6-9-21(23-12-15)27-11-10-19-18(13-27)22(25-14-24-19)26-20-8-7-16-4-2-3-5-17(16)20/h2-6,9,12,14,20H,7-8,10-11,13H2,1H3,(H,24,25,26). The van der Waals surface area contributed by atoms with Crippen molar-refractivity contribution in [3.63, 3.8) is 0 Å². The molecule has 136 valence electrons. The number of anilines is 2. The highest BCUT2D eigenvalue weighted by atomic mass is 15.2. The highest BCUT2D eigenvalue weighted by molar-refractivity contribution is 5.54. The molecule has 1 aromatic carbocycles. The molecule has 27 heavy (non-hydrogen) atoms. The first-order chi connectivity index (χ1) is 13.3. The number of pyridine rings is 1. The minimum Gasteiger partial charge on any atom is -0.363 e. The topological polar surface area (TPSA) is 53.9 Å². The Morgan fingerprint density at radius 2 is 1.96 bits per heavy atom. The van der Waals surface area contributed by atoms with Crippen LogP contribution in [0.5, 0.6) is 0 Å². The number of nitrogens with zero attached hydrogens (tertiary/aromatic N) is 4. The average molecular weight is 357 g/mol. The van der Waals surface area contributed by atoms with E-state index in [1.165, 1.54) is 22.3 Å². The van der Waals surface area contributed by atoms with E-state index in [1.54, 1.807) is 6.33 Å². The van der Waals surface area contributed by atoms with Crippen molar-refractivity contribution in [2.45, 2.75) is 38.8 Å². The predicted octanol–water partition coefficient (Wildman–Crippen LogP) is 3.84. The molecule has 1 aliphatic heterocycles. The van der Waals surface area contributed by atoms with Gasteiger partial charge in [-0.15, -0.1) is 0 Å². The summed E-state index contributed by atoms with van der Waals surface area (Å²) in [6, 6.07) is 13.3. The number of fused-ring (bicyclic) bond motifs is 2. The molecule has 2 aliphatic rings. The summed E-state index contributed by atoms with van der Waals surface area (Å²) < 4.78 is 0. The molecular formula is C22H23N5. The van der Waals surface area contributed by atoms with E-state index in [1.807, 2.05) is 6.20 Å². The van der Waals surface area contributed by atoms with Crippen LogP contribution in [0.15, 0.2) is 48.9 Å². The van der Waals surface area contributed by atoms with Crippen LogP contribution in [0.25, 0.3) is 0 Å². The molecular weight excluding hydrogens is 334 g/mol. The van der Waals surface area contributed by atoms with E-state index in [0.29, 0.717) is 6.04 Å². The number of aryl methyl sites for hydroxylation is 2. The molecule has 0 spiro atoms. The SMILES string of the molecule is Cc1ccc(N2CCc3ncnc(NC4CCc5ccccc54)c3C2)nc1. The molecule has 0 saturated heterocycles. The highest BCUT2D eigenvalue weighted by Gasteiger charge is 2.26. The Bertz CT molecular complexity index is 967. The third kappa shape index (κ3) is 3.03. The summed E-state index contributed by atoms with van der Waals surface area (Å²) in [5, 5.41) is 3.71. The Balaban J connectivity index is 1.42. The molecule has 3 heterocycles. The Morgan fingerprint density at radius 1 is 1.04 bits per heavy atom. The largest absolute Gasteiger partial charge is 0.363 e. The zero-order valence-electron chi connectivity index (χ0n) is 15.5. The fourth-order valence-corrected chi connectivity index (χ4v) is 4.18. The number of hydrogen-bond donors (Lipinski definition) is 1. The van der Waals surface area contributed by atoms with Crippen molar-refractivity contribution >= 4 is 11.6 Å². The molecule has 1 unspecified atom stereocenters. The minimum atomic E-state index is 0.327. The molecule has 0 radical (unpaired) electrons. The molecule has 5 nitrogen and oxygen atoms in total. The van der Waals surface area contributed by atoms with Gasteiger partial charge >= 0.3 is 0 Å². The summed E-state index contributed by atoms with van der Waals surface area (Å²) in [7, 11) is 0. The molecule has 0 amide bonds. The zero-order chi connectivity index (χ0) is 18.2. The summed E-state index contributed by atoms with van der Waals surface area (Å²) in [6.45, 7) is 3.80. The first-order valence-electron chi connectivity index (χ1n) is 9.62. The lowest BCUT2D eigenvalue weighted by atomic mass is 10.0. The molecule has 5 heteroatoms. The first-order valence-corrected chi connectivity index (χ1v) is 9.62. The Kier molecular flexibility index (Phi) is 4.00. The van der Waals surface area contributed by atoms with Gasteiger partial charge in [0.25, 0.3) is 0 Å². The summed E-state index contributed by atoms with van der Waals surface area (Å²) >= 11 is 0. The van der Waals surface area contributed by atoms with Crippen molar-refractivity contribution in [3.05, 3.63) is 76.9 Å². The summed E-state index contributed by atoms with van der Waals surface area (Å²) in [5.74, 6) is 1.99. The summed E-state index contributed by atoms with van der Waals surface area (Å²) in [4.78, 5) is 16.1. The predicted molar refractivity (Wildman–Crippen MR) is 107 cm³/mol. The molecule has 0 saturated carbocycles. The Labute approximate surface area is 159 Å². The highest BCUT2D eigenvalue weighted by Crippen LogP contribution is 2.35. The normalized spacial score (nSPS) is 18.1. The van der Waals surface area contributed by atoms with Crippen molar-refractivity contribution < 1.29 is 0 Å². The second-order valence-corrected chi connectivity index (χ2v) is 7.45. The lowest BCUT2D eigenvalue weighted by molar-refractivity contribution is 0.689. The van der Waals surface area contributed by atoms with Crippen LogP contribution in [0.1, 0.15) is 40.4 Å². The van der Waals surface area contributed by atoms with E-state index < -0.39 is 0 Å². The van der Waals surface area contributed by atoms with Crippen LogP contribution >= 0.6 is 0 Å². The number of rotatable bonds is 3. The fourth-order valence-electron chi connectivity index (χ4n) is 4.18. The van der Waals surface area contributed by atoms with Gasteiger partial charge in [-0.25, -0.2) is 15.0 Å². The first kappa shape index (κ1) is 16.2. The molecule has 5 rings (SSSR count). The van der Waals surface area contributed by atoms with Gasteiger partial charge in [-0.1, -0.05) is 30.3 Å². The van der Waals surface area contributed by atoms with E-state index in [2.05, 4.69) is 68.5 Å². The number of nitrogens with one attached hydrogen (secondary N) is 1. The van der Waals surface area contributed by atoms with E-state index in [0.717, 1.165) is 49.7 Å². The maximum atomic E-state index is 4.60. The number of benzene rings is 1. The molecule has 0 bridgehead atoms. The van der Waals surface area contributed by atoms with Crippen LogP contribution in [-0.2, 0) is 19.4 Å². The van der Waals surface area contributed by atoms with Crippen LogP contribution < -0.4 is 10.2 Å². The second-order valence-electron chi connectivity index (χ2n) is 7.45. The van der Waals surface area contributed by atoms with Gasteiger partial charge in [0.15, 0.2) is 0 Å². The Hall–Kier alpha value is -2.95. The summed E-state index contributed by atoms with van der Waals surface area (Å²) in [6.07, 6.45) is 6.79. The van der Waals surface area contributed by atoms with Crippen LogP contribution in [0.3, 0.4) is 0 Å². The molecule has 1 atom stereocenters. The second kappa shape index (κ2) is 6.65. The monoisotopic (exact) mass is 357 g/mol. The smallest absolute Gasteiger partial charge is 0.135 e. The quantitative estimate of drug-likeness (QED) is 0.772. The molecule has 1 N–H and O–H groups in total. The minimum absolute atomic E-state index is 0.327. The van der Waals surface area contributed by atoms with Gasteiger partial charge in [0, 0.05) is 31.3 Å². The van der Waals surface area contributed by atoms with Gasteiger partial charge < -0.3 is 10.2 Å². The van der Waals surface area contributed by atoms with Gasteiger partial charge in [0.2, 0.25) is 0 Å². The fraction of sp³-hybridized carbons (Fsp3) is 0.318. The third-order valence-electron chi connectivity index (χ3n) is 5.67. The van der Waals surface area contributed by atoms with E-state index in [4.69, 9.17) is 0 Å². The van der Waals surface area contributed by atoms with Crippen LogP contribution in [-0.4, -0.2) is 21.5 Å². The van der Waals surface area contributed by atoms with Gasteiger partial charge in [-0.05, 0) is 42.5 Å². The van der Waals surface area contributed by atoms with Crippen molar-refractivity contribution in [2.24, 2.45) is 0 Å². The molecule has 1 aliphatic carbocycles. The van der Waals surface area contributed by atoms with Crippen LogP contribution in [0.2, 0.25) is 0 Å². The van der Waals surface area contributed by atoms with Crippen LogP contribution in [0, 0.1) is 6.92 Å². The molecule has 2 aromatic heterocycles. The third-order valence-corrected chi connectivity index (χ3v) is 5.67. The van der Waals surface area contributed by atoms with Gasteiger partial charge in [-0.3, -0.25) is 0 Å². The lowest BCUT2D eigenvalue weighted by Crippen LogP contribution is -2.32. The lowest BCUT2D eigenvalue weighted by Gasteiger charge is -2.30. The average Bonchev–Trinajstić information content (AvgIpc) is 3.12. The number of hydrogen-bond acceptors (Lipinski definition) is 5. The van der Waals surface area contributed by atoms with Gasteiger partial charge in [0.05, 0.1) is 11.7 Å². The molecule has 0 fully saturated rings. The van der Waals surface area contributed by atoms with Crippen molar-refractivity contribution in [2.75, 3.05) is 16.8 Å². The van der Waals surface area contributed by atoms with E-state index in [-0.39, 0.29) is 0 Å². The van der Waals surface area contributed by atoms with E-state index >= 15 is 0 Å². The zero-order valence-corrected chi connectivity index (χ0v) is 15.5. The maximum absolute atomic E-state index is 4.60. The maximum Gasteiger partial charge on any atom is 0.135 e. The van der Waals surface area contributed by atoms with Crippen molar-refractivity contribution in [1.82, 2.24) is 15.0 Å². The van der Waals surface area contributed by atoms with E-state index in [9.17, 15) is 0 Å². The summed E-state index contributed by atoms with van der Waals surface area (Å²) in [5.41, 5.74) is 6.39. The Morgan fingerprint density at radius 3 is 2.85 bits per heavy atom.